The summed E-state index contributed by atoms with van der Waals surface area (Å²) in [6.45, 7) is 5.33. The zero-order valence-electron chi connectivity index (χ0n) is 11.3. The summed E-state index contributed by atoms with van der Waals surface area (Å²) in [5, 5.41) is 18.9. The fraction of sp³-hybridized carbons (Fsp3) is 0.462. The third-order valence-electron chi connectivity index (χ3n) is 2.95. The van der Waals surface area contributed by atoms with E-state index in [1.165, 1.54) is 4.90 Å². The first-order valence-electron chi connectivity index (χ1n) is 6.26. The predicted molar refractivity (Wildman–Crippen MR) is 72.8 cm³/mol. The molecule has 1 aromatic carbocycles. The minimum atomic E-state index is -1.60. The van der Waals surface area contributed by atoms with Gasteiger partial charge in [0.1, 0.15) is 5.60 Å². The Morgan fingerprint density at radius 3 is 2.58 bits per heavy atom. The van der Waals surface area contributed by atoms with Gasteiger partial charge in [0.25, 0.3) is 0 Å². The van der Waals surface area contributed by atoms with Crippen molar-refractivity contribution in [3.05, 3.63) is 29.8 Å². The van der Waals surface area contributed by atoms with Crippen LogP contribution in [0.2, 0.25) is 0 Å². The van der Waals surface area contributed by atoms with Gasteiger partial charge in [-0.15, -0.1) is 0 Å². The number of carbonyl (C=O) groups excluding carboxylic acids is 1. The Labute approximate surface area is 112 Å². The number of hydrogen-bond donors (Lipinski definition) is 2. The molecule has 6 heteroatoms. The summed E-state index contributed by atoms with van der Waals surface area (Å²) in [7, 11) is -1.60. The van der Waals surface area contributed by atoms with Gasteiger partial charge in [-0.3, -0.25) is 4.90 Å². The lowest BCUT2D eigenvalue weighted by atomic mass is 9.77. The highest BCUT2D eigenvalue weighted by Gasteiger charge is 2.42. The van der Waals surface area contributed by atoms with Gasteiger partial charge in [-0.05, 0) is 38.8 Å². The van der Waals surface area contributed by atoms with Crippen molar-refractivity contribution >= 4 is 18.9 Å². The van der Waals surface area contributed by atoms with Crippen LogP contribution >= 0.6 is 0 Å². The monoisotopic (exact) mass is 263 g/mol. The minimum Gasteiger partial charge on any atom is -0.443 e. The van der Waals surface area contributed by atoms with Crippen LogP contribution in [0.4, 0.5) is 10.5 Å². The number of rotatable bonds is 1. The van der Waals surface area contributed by atoms with E-state index in [0.717, 1.165) is 5.56 Å². The highest BCUT2D eigenvalue weighted by atomic mass is 16.6. The summed E-state index contributed by atoms with van der Waals surface area (Å²) in [5.41, 5.74) is 0.959. The minimum absolute atomic E-state index is 0.410. The second-order valence-electron chi connectivity index (χ2n) is 5.66. The molecule has 1 aliphatic rings. The van der Waals surface area contributed by atoms with E-state index in [4.69, 9.17) is 4.74 Å². The molecule has 0 saturated carbocycles. The van der Waals surface area contributed by atoms with E-state index in [1.807, 2.05) is 18.2 Å². The third kappa shape index (κ3) is 2.90. The smallest absolute Gasteiger partial charge is 0.443 e. The molecule has 0 fully saturated rings. The summed E-state index contributed by atoms with van der Waals surface area (Å²) >= 11 is 0. The van der Waals surface area contributed by atoms with Gasteiger partial charge in [0.05, 0.1) is 11.6 Å². The quantitative estimate of drug-likeness (QED) is 0.750. The number of anilines is 1. The predicted octanol–water partition coefficient (Wildman–Crippen LogP) is 1.36. The number of para-hydroxylation sites is 1. The first-order valence-corrected chi connectivity index (χ1v) is 6.26. The third-order valence-corrected chi connectivity index (χ3v) is 2.95. The molecular weight excluding hydrogens is 245 g/mol. The Balaban J connectivity index is 2.31. The van der Waals surface area contributed by atoms with Gasteiger partial charge in [0, 0.05) is 0 Å². The van der Waals surface area contributed by atoms with Crippen LogP contribution in [0.25, 0.3) is 0 Å². The van der Waals surface area contributed by atoms with Crippen molar-refractivity contribution < 1.29 is 19.6 Å². The molecule has 0 saturated heterocycles. The van der Waals surface area contributed by atoms with Crippen LogP contribution < -0.4 is 4.90 Å². The number of amides is 1. The molecular formula is C13H18BNO4. The number of carbonyl (C=O) groups is 1. The van der Waals surface area contributed by atoms with E-state index in [2.05, 4.69) is 0 Å². The zero-order valence-corrected chi connectivity index (χ0v) is 11.3. The normalized spacial score (nSPS) is 18.2. The lowest BCUT2D eigenvalue weighted by molar-refractivity contribution is 0.0574. The van der Waals surface area contributed by atoms with E-state index in [1.54, 1.807) is 26.8 Å². The van der Waals surface area contributed by atoms with E-state index in [9.17, 15) is 14.8 Å². The lowest BCUT2D eigenvalue weighted by Crippen LogP contribution is -2.49. The molecule has 1 unspecified atom stereocenters. The van der Waals surface area contributed by atoms with Gasteiger partial charge in [0.2, 0.25) is 0 Å². The first kappa shape index (κ1) is 13.9. The van der Waals surface area contributed by atoms with Gasteiger partial charge in [0.15, 0.2) is 0 Å². The maximum Gasteiger partial charge on any atom is 0.476 e. The topological polar surface area (TPSA) is 70.0 Å². The Morgan fingerprint density at radius 2 is 2.00 bits per heavy atom. The maximum atomic E-state index is 12.2. The highest BCUT2D eigenvalue weighted by Crippen LogP contribution is 2.33. The molecule has 0 radical (unpaired) electrons. The molecule has 5 nitrogen and oxygen atoms in total. The van der Waals surface area contributed by atoms with Crippen LogP contribution in [0.5, 0.6) is 0 Å². The maximum absolute atomic E-state index is 12.2. The number of hydrogen-bond acceptors (Lipinski definition) is 4. The van der Waals surface area contributed by atoms with Crippen molar-refractivity contribution in [1.82, 2.24) is 0 Å². The van der Waals surface area contributed by atoms with E-state index >= 15 is 0 Å². The average Bonchev–Trinajstić information content (AvgIpc) is 2.65. The van der Waals surface area contributed by atoms with Gasteiger partial charge >= 0.3 is 13.2 Å². The van der Waals surface area contributed by atoms with E-state index < -0.39 is 24.8 Å². The molecule has 0 aliphatic carbocycles. The summed E-state index contributed by atoms with van der Waals surface area (Å²) in [4.78, 5) is 13.5. The van der Waals surface area contributed by atoms with Crippen molar-refractivity contribution in [2.45, 2.75) is 38.7 Å². The molecule has 1 heterocycles. The summed E-state index contributed by atoms with van der Waals surface area (Å²) < 4.78 is 5.32. The number of fused-ring (bicyclic) bond motifs is 1. The zero-order chi connectivity index (χ0) is 14.2. The van der Waals surface area contributed by atoms with Crippen molar-refractivity contribution in [1.29, 1.82) is 0 Å². The van der Waals surface area contributed by atoms with Crippen LogP contribution in [0.1, 0.15) is 26.3 Å². The fourth-order valence-electron chi connectivity index (χ4n) is 2.20. The number of benzene rings is 1. The van der Waals surface area contributed by atoms with E-state index in [-0.39, 0.29) is 0 Å². The Kier molecular flexibility index (Phi) is 3.56. The number of nitrogens with zero attached hydrogens (tertiary/aromatic N) is 1. The molecule has 2 N–H and O–H groups in total. The molecule has 1 amide bonds. The van der Waals surface area contributed by atoms with Gasteiger partial charge in [-0.25, -0.2) is 4.79 Å². The molecule has 1 aromatic rings. The van der Waals surface area contributed by atoms with Gasteiger partial charge in [-0.1, -0.05) is 18.2 Å². The van der Waals surface area contributed by atoms with Gasteiger partial charge < -0.3 is 14.8 Å². The van der Waals surface area contributed by atoms with Crippen LogP contribution in [0.3, 0.4) is 0 Å². The van der Waals surface area contributed by atoms with Crippen LogP contribution in [0, 0.1) is 0 Å². The molecule has 2 rings (SSSR count). The van der Waals surface area contributed by atoms with Crippen molar-refractivity contribution in [3.8, 4) is 0 Å². The van der Waals surface area contributed by atoms with Crippen molar-refractivity contribution in [3.63, 3.8) is 0 Å². The standard InChI is InChI=1S/C13H18BNO4/c1-13(2,3)19-12(16)15-10-7-5-4-6-9(10)8-11(15)14(17)18/h4-7,11,17-18H,8H2,1-3H3. The van der Waals surface area contributed by atoms with Crippen LogP contribution in [0.15, 0.2) is 24.3 Å². The summed E-state index contributed by atoms with van der Waals surface area (Å²) in [6, 6.07) is 7.32. The highest BCUT2D eigenvalue weighted by molar-refractivity contribution is 6.45. The largest absolute Gasteiger partial charge is 0.476 e. The Hall–Kier alpha value is -1.53. The van der Waals surface area contributed by atoms with E-state index in [0.29, 0.717) is 12.1 Å². The fourth-order valence-corrected chi connectivity index (χ4v) is 2.20. The summed E-state index contributed by atoms with van der Waals surface area (Å²) in [6.07, 6.45) is -0.150. The molecule has 0 bridgehead atoms. The molecule has 1 atom stereocenters. The Bertz CT molecular complexity index is 484. The second kappa shape index (κ2) is 4.87. The van der Waals surface area contributed by atoms with Crippen LogP contribution in [-0.2, 0) is 11.2 Å². The molecule has 0 spiro atoms. The first-order chi connectivity index (χ1) is 8.79. The lowest BCUT2D eigenvalue weighted by Gasteiger charge is -2.28. The number of ether oxygens (including phenoxy) is 1. The molecule has 19 heavy (non-hydrogen) atoms. The second-order valence-corrected chi connectivity index (χ2v) is 5.66. The van der Waals surface area contributed by atoms with Crippen LogP contribution in [-0.4, -0.2) is 34.8 Å². The van der Waals surface area contributed by atoms with Crippen molar-refractivity contribution in [2.75, 3.05) is 4.90 Å². The molecule has 1 aliphatic heterocycles. The molecule has 0 aromatic heterocycles. The Morgan fingerprint density at radius 1 is 1.37 bits per heavy atom. The molecule has 102 valence electrons. The summed E-state index contributed by atoms with van der Waals surface area (Å²) in [5.74, 6) is -0.702. The SMILES string of the molecule is CC(C)(C)OC(=O)N1c2ccccc2CC1B(O)O. The average molecular weight is 263 g/mol. The van der Waals surface area contributed by atoms with Crippen molar-refractivity contribution in [2.24, 2.45) is 0 Å². The van der Waals surface area contributed by atoms with Gasteiger partial charge in [-0.2, -0.15) is 0 Å².